The highest BCUT2D eigenvalue weighted by atomic mass is 16.4. The summed E-state index contributed by atoms with van der Waals surface area (Å²) in [5, 5.41) is 11.7. The first-order valence-corrected chi connectivity index (χ1v) is 7.87. The molecule has 0 unspecified atom stereocenters. The van der Waals surface area contributed by atoms with Crippen LogP contribution >= 0.6 is 0 Å². The van der Waals surface area contributed by atoms with Gasteiger partial charge in [0.1, 0.15) is 0 Å². The number of nitrogens with one attached hydrogen (secondary N) is 1. The standard InChI is InChI=1S/C18H25NO3/c1-18(2,3)14-7-4-12(5-8-14)6-9-16(20)19-15-10-13(11-15)17(21)22/h4-5,7-8,13,15H,6,9-11H2,1-3H3,(H,19,20)(H,21,22). The third kappa shape index (κ3) is 4.33. The maximum absolute atomic E-state index is 11.9. The first-order valence-electron chi connectivity index (χ1n) is 7.87. The van der Waals surface area contributed by atoms with Crippen molar-refractivity contribution in [2.75, 3.05) is 0 Å². The highest BCUT2D eigenvalue weighted by Crippen LogP contribution is 2.27. The number of carbonyl (C=O) groups is 2. The second-order valence-electron chi connectivity index (χ2n) is 7.22. The lowest BCUT2D eigenvalue weighted by molar-refractivity contribution is -0.146. The van der Waals surface area contributed by atoms with Gasteiger partial charge in [0.2, 0.25) is 5.91 Å². The Bertz CT molecular complexity index is 536. The third-order valence-corrected chi connectivity index (χ3v) is 4.31. The minimum Gasteiger partial charge on any atom is -0.481 e. The van der Waals surface area contributed by atoms with Crippen molar-refractivity contribution in [3.8, 4) is 0 Å². The lowest BCUT2D eigenvalue weighted by Crippen LogP contribution is -2.46. The van der Waals surface area contributed by atoms with Crippen LogP contribution in [0.15, 0.2) is 24.3 Å². The van der Waals surface area contributed by atoms with Gasteiger partial charge in [-0.3, -0.25) is 9.59 Å². The Balaban J connectivity index is 1.74. The normalized spacial score (nSPS) is 21.0. The molecular formula is C18H25NO3. The molecule has 0 aliphatic heterocycles. The molecule has 2 rings (SSSR count). The van der Waals surface area contributed by atoms with Gasteiger partial charge in [-0.05, 0) is 35.8 Å². The Kier molecular flexibility index (Phi) is 4.89. The van der Waals surface area contributed by atoms with E-state index < -0.39 is 5.97 Å². The summed E-state index contributed by atoms with van der Waals surface area (Å²) < 4.78 is 0. The van der Waals surface area contributed by atoms with Crippen LogP contribution in [-0.2, 0) is 21.4 Å². The van der Waals surface area contributed by atoms with Crippen LogP contribution in [0.2, 0.25) is 0 Å². The Morgan fingerprint density at radius 2 is 1.77 bits per heavy atom. The van der Waals surface area contributed by atoms with Gasteiger partial charge in [-0.2, -0.15) is 0 Å². The summed E-state index contributed by atoms with van der Waals surface area (Å²) in [5.41, 5.74) is 2.58. The zero-order valence-electron chi connectivity index (χ0n) is 13.6. The molecule has 0 bridgehead atoms. The van der Waals surface area contributed by atoms with Gasteiger partial charge in [0.25, 0.3) is 0 Å². The molecule has 1 amide bonds. The molecule has 0 spiro atoms. The Hall–Kier alpha value is -1.84. The van der Waals surface area contributed by atoms with Crippen molar-refractivity contribution in [2.24, 2.45) is 5.92 Å². The summed E-state index contributed by atoms with van der Waals surface area (Å²) >= 11 is 0. The van der Waals surface area contributed by atoms with Gasteiger partial charge >= 0.3 is 5.97 Å². The fourth-order valence-corrected chi connectivity index (χ4v) is 2.67. The molecule has 120 valence electrons. The van der Waals surface area contributed by atoms with Crippen molar-refractivity contribution < 1.29 is 14.7 Å². The Morgan fingerprint density at radius 1 is 1.18 bits per heavy atom. The predicted molar refractivity (Wildman–Crippen MR) is 85.8 cm³/mol. The molecule has 1 aromatic carbocycles. The molecule has 22 heavy (non-hydrogen) atoms. The lowest BCUT2D eigenvalue weighted by atomic mass is 9.80. The molecule has 1 saturated carbocycles. The summed E-state index contributed by atoms with van der Waals surface area (Å²) in [7, 11) is 0. The number of carboxylic acid groups (broad SMARTS) is 1. The van der Waals surface area contributed by atoms with Crippen molar-refractivity contribution in [1.29, 1.82) is 0 Å². The number of carboxylic acids is 1. The van der Waals surface area contributed by atoms with Gasteiger partial charge in [-0.25, -0.2) is 0 Å². The summed E-state index contributed by atoms with van der Waals surface area (Å²) in [5.74, 6) is -1.03. The minimum absolute atomic E-state index is 0.00809. The molecule has 0 atom stereocenters. The van der Waals surface area contributed by atoms with E-state index >= 15 is 0 Å². The SMILES string of the molecule is CC(C)(C)c1ccc(CCC(=O)NC2CC(C(=O)O)C2)cc1. The van der Waals surface area contributed by atoms with Crippen LogP contribution in [0, 0.1) is 5.92 Å². The quantitative estimate of drug-likeness (QED) is 0.879. The van der Waals surface area contributed by atoms with Gasteiger partial charge in [-0.15, -0.1) is 0 Å². The molecule has 0 aromatic heterocycles. The average Bonchev–Trinajstić information content (AvgIpc) is 2.39. The summed E-state index contributed by atoms with van der Waals surface area (Å²) in [6.07, 6.45) is 2.27. The molecule has 4 nitrogen and oxygen atoms in total. The first kappa shape index (κ1) is 16.5. The fraction of sp³-hybridized carbons (Fsp3) is 0.556. The number of rotatable bonds is 5. The predicted octanol–water partition coefficient (Wildman–Crippen LogP) is 2.90. The van der Waals surface area contributed by atoms with E-state index in [2.05, 4.69) is 50.4 Å². The Labute approximate surface area is 131 Å². The van der Waals surface area contributed by atoms with Gasteiger partial charge in [-0.1, -0.05) is 45.0 Å². The van der Waals surface area contributed by atoms with E-state index in [0.29, 0.717) is 25.7 Å². The smallest absolute Gasteiger partial charge is 0.306 e. The molecule has 0 saturated heterocycles. The van der Waals surface area contributed by atoms with Crippen LogP contribution in [-0.4, -0.2) is 23.0 Å². The van der Waals surface area contributed by atoms with Crippen molar-refractivity contribution >= 4 is 11.9 Å². The van der Waals surface area contributed by atoms with E-state index in [1.165, 1.54) is 5.56 Å². The van der Waals surface area contributed by atoms with E-state index in [4.69, 9.17) is 5.11 Å². The molecule has 4 heteroatoms. The number of hydrogen-bond acceptors (Lipinski definition) is 2. The van der Waals surface area contributed by atoms with E-state index in [0.717, 1.165) is 5.56 Å². The molecule has 2 N–H and O–H groups in total. The Morgan fingerprint density at radius 3 is 2.27 bits per heavy atom. The molecule has 1 aliphatic carbocycles. The van der Waals surface area contributed by atoms with E-state index in [1.54, 1.807) is 0 Å². The van der Waals surface area contributed by atoms with Gasteiger partial charge in [0, 0.05) is 12.5 Å². The molecular weight excluding hydrogens is 278 g/mol. The van der Waals surface area contributed by atoms with Crippen LogP contribution in [0.25, 0.3) is 0 Å². The lowest BCUT2D eigenvalue weighted by Gasteiger charge is -2.32. The highest BCUT2D eigenvalue weighted by molar-refractivity contribution is 5.77. The van der Waals surface area contributed by atoms with Crippen molar-refractivity contribution in [3.63, 3.8) is 0 Å². The number of aryl methyl sites for hydroxylation is 1. The summed E-state index contributed by atoms with van der Waals surface area (Å²) in [4.78, 5) is 22.6. The van der Waals surface area contributed by atoms with E-state index in [1.807, 2.05) is 0 Å². The molecule has 0 heterocycles. The van der Waals surface area contributed by atoms with Crippen molar-refractivity contribution in [2.45, 2.75) is 57.9 Å². The second-order valence-corrected chi connectivity index (χ2v) is 7.22. The van der Waals surface area contributed by atoms with Crippen LogP contribution in [0.5, 0.6) is 0 Å². The average molecular weight is 303 g/mol. The number of aliphatic carboxylic acids is 1. The summed E-state index contributed by atoms with van der Waals surface area (Å²) in [6.45, 7) is 6.54. The van der Waals surface area contributed by atoms with Crippen LogP contribution in [0.3, 0.4) is 0 Å². The van der Waals surface area contributed by atoms with Gasteiger partial charge in [0.15, 0.2) is 0 Å². The number of amides is 1. The van der Waals surface area contributed by atoms with Crippen LogP contribution < -0.4 is 5.32 Å². The minimum atomic E-state index is -0.760. The maximum Gasteiger partial charge on any atom is 0.306 e. The molecule has 1 aromatic rings. The number of benzene rings is 1. The zero-order chi connectivity index (χ0) is 16.3. The van der Waals surface area contributed by atoms with Crippen LogP contribution in [0.1, 0.15) is 51.2 Å². The number of hydrogen-bond donors (Lipinski definition) is 2. The van der Waals surface area contributed by atoms with Crippen LogP contribution in [0.4, 0.5) is 0 Å². The molecule has 1 fully saturated rings. The summed E-state index contributed by atoms with van der Waals surface area (Å²) in [6, 6.07) is 8.44. The van der Waals surface area contributed by atoms with E-state index in [9.17, 15) is 9.59 Å². The number of carbonyl (C=O) groups excluding carboxylic acids is 1. The monoisotopic (exact) mass is 303 g/mol. The largest absolute Gasteiger partial charge is 0.481 e. The topological polar surface area (TPSA) is 66.4 Å². The highest BCUT2D eigenvalue weighted by Gasteiger charge is 2.35. The fourth-order valence-electron chi connectivity index (χ4n) is 2.67. The van der Waals surface area contributed by atoms with Gasteiger partial charge < -0.3 is 10.4 Å². The zero-order valence-corrected chi connectivity index (χ0v) is 13.6. The second kappa shape index (κ2) is 6.51. The van der Waals surface area contributed by atoms with Crippen molar-refractivity contribution in [1.82, 2.24) is 5.32 Å². The molecule has 0 radical (unpaired) electrons. The van der Waals surface area contributed by atoms with Gasteiger partial charge in [0.05, 0.1) is 5.92 Å². The van der Waals surface area contributed by atoms with Crippen molar-refractivity contribution in [3.05, 3.63) is 35.4 Å². The molecule has 1 aliphatic rings. The third-order valence-electron chi connectivity index (χ3n) is 4.31. The first-order chi connectivity index (χ1) is 10.3. The van der Waals surface area contributed by atoms with E-state index in [-0.39, 0.29) is 23.3 Å². The maximum atomic E-state index is 11.9.